The Kier molecular flexibility index (Phi) is 10.5. The van der Waals surface area contributed by atoms with E-state index in [1.165, 1.54) is 12.7 Å². The molecule has 1 aliphatic heterocycles. The molecule has 8 heteroatoms. The summed E-state index contributed by atoms with van der Waals surface area (Å²) in [7, 11) is 4.57. The number of benzene rings is 1. The molecule has 1 aliphatic carbocycles. The van der Waals surface area contributed by atoms with Crippen LogP contribution in [0.15, 0.2) is 24.3 Å². The summed E-state index contributed by atoms with van der Waals surface area (Å²) in [4.78, 5) is 41.2. The number of nitrogens with one attached hydrogen (secondary N) is 1. The number of carbonyl (C=O) groups is 3. The number of likely N-dealkylation sites (tertiary alicyclic amines) is 1. The fraction of sp³-hybridized carbons (Fsp3) is 0.690. The number of rotatable bonds is 13. The van der Waals surface area contributed by atoms with Gasteiger partial charge in [-0.05, 0) is 42.7 Å². The number of amides is 2. The Morgan fingerprint density at radius 3 is 2.46 bits per heavy atom. The minimum atomic E-state index is -0.767. The fourth-order valence-electron chi connectivity index (χ4n) is 5.81. The van der Waals surface area contributed by atoms with Gasteiger partial charge in [0.15, 0.2) is 0 Å². The first-order valence-corrected chi connectivity index (χ1v) is 13.6. The molecule has 1 heterocycles. The van der Waals surface area contributed by atoms with Gasteiger partial charge in [-0.3, -0.25) is 9.59 Å². The van der Waals surface area contributed by atoms with Crippen LogP contribution in [0.5, 0.6) is 0 Å². The van der Waals surface area contributed by atoms with Gasteiger partial charge in [-0.2, -0.15) is 0 Å². The third-order valence-electron chi connectivity index (χ3n) is 8.32. The highest BCUT2D eigenvalue weighted by atomic mass is 16.5. The van der Waals surface area contributed by atoms with Crippen LogP contribution in [0, 0.1) is 11.8 Å². The van der Waals surface area contributed by atoms with Gasteiger partial charge in [0.05, 0.1) is 37.7 Å². The smallest absolute Gasteiger partial charge is 0.329 e. The number of esters is 1. The highest BCUT2D eigenvalue weighted by Crippen LogP contribution is 2.38. The van der Waals surface area contributed by atoms with Crippen LogP contribution >= 0.6 is 0 Å². The number of nitrogens with zero attached hydrogens (tertiary/aromatic N) is 1. The SMILES string of the molecule is CCC(C)CC(CC(=O)N1CCC[C@H]1[C@H](OC)[C@@H](C)C(=O)N[C@H](C(=O)OC)[C@@H]1Cc2ccccc21)OC. The van der Waals surface area contributed by atoms with Crippen molar-refractivity contribution >= 4 is 17.8 Å². The lowest BCUT2D eigenvalue weighted by molar-refractivity contribution is -0.148. The molecule has 2 aliphatic rings. The third-order valence-corrected chi connectivity index (χ3v) is 8.32. The van der Waals surface area contributed by atoms with Gasteiger partial charge >= 0.3 is 5.97 Å². The molecule has 206 valence electrons. The number of hydrogen-bond acceptors (Lipinski definition) is 6. The van der Waals surface area contributed by atoms with Crippen molar-refractivity contribution in [3.8, 4) is 0 Å². The summed E-state index contributed by atoms with van der Waals surface area (Å²) < 4.78 is 16.5. The largest absolute Gasteiger partial charge is 0.467 e. The van der Waals surface area contributed by atoms with Gasteiger partial charge in [0.1, 0.15) is 6.04 Å². The van der Waals surface area contributed by atoms with Gasteiger partial charge in [0.2, 0.25) is 11.8 Å². The van der Waals surface area contributed by atoms with Gasteiger partial charge in [0, 0.05) is 26.7 Å². The summed E-state index contributed by atoms with van der Waals surface area (Å²) in [6.07, 6.45) is 3.91. The van der Waals surface area contributed by atoms with Crippen molar-refractivity contribution in [1.82, 2.24) is 10.2 Å². The maximum Gasteiger partial charge on any atom is 0.329 e. The van der Waals surface area contributed by atoms with Gasteiger partial charge in [0.25, 0.3) is 0 Å². The molecule has 8 nitrogen and oxygen atoms in total. The van der Waals surface area contributed by atoms with Crippen LogP contribution < -0.4 is 5.32 Å². The lowest BCUT2D eigenvalue weighted by Crippen LogP contribution is -2.54. The molecule has 1 saturated heterocycles. The van der Waals surface area contributed by atoms with Gasteiger partial charge in [-0.25, -0.2) is 4.79 Å². The van der Waals surface area contributed by atoms with Crippen molar-refractivity contribution in [2.45, 2.75) is 89.5 Å². The van der Waals surface area contributed by atoms with Crippen LogP contribution in [0.25, 0.3) is 0 Å². The minimum Gasteiger partial charge on any atom is -0.467 e. The van der Waals surface area contributed by atoms with E-state index in [0.717, 1.165) is 31.2 Å². The molecular formula is C29H44N2O6. The van der Waals surface area contributed by atoms with Gasteiger partial charge in [-0.1, -0.05) is 51.5 Å². The topological polar surface area (TPSA) is 94.2 Å². The number of methoxy groups -OCH3 is 3. The van der Waals surface area contributed by atoms with E-state index in [9.17, 15) is 14.4 Å². The molecule has 1 aromatic rings. The molecule has 0 radical (unpaired) electrons. The molecule has 1 aromatic carbocycles. The summed E-state index contributed by atoms with van der Waals surface area (Å²) in [5.41, 5.74) is 2.24. The third kappa shape index (κ3) is 6.71. The summed E-state index contributed by atoms with van der Waals surface area (Å²) in [5, 5.41) is 2.95. The minimum absolute atomic E-state index is 0.0332. The Balaban J connectivity index is 1.68. The summed E-state index contributed by atoms with van der Waals surface area (Å²) in [6, 6.07) is 6.96. The summed E-state index contributed by atoms with van der Waals surface area (Å²) in [6.45, 7) is 6.75. The normalized spacial score (nSPS) is 22.7. The fourth-order valence-corrected chi connectivity index (χ4v) is 5.81. The Bertz CT molecular complexity index is 937. The van der Waals surface area contributed by atoms with Crippen LogP contribution in [0.2, 0.25) is 0 Å². The van der Waals surface area contributed by atoms with Crippen molar-refractivity contribution < 1.29 is 28.6 Å². The van der Waals surface area contributed by atoms with E-state index >= 15 is 0 Å². The number of ether oxygens (including phenoxy) is 3. The van der Waals surface area contributed by atoms with E-state index in [1.807, 2.05) is 29.2 Å². The van der Waals surface area contributed by atoms with E-state index < -0.39 is 24.0 Å². The van der Waals surface area contributed by atoms with Crippen molar-refractivity contribution in [3.05, 3.63) is 35.4 Å². The predicted molar refractivity (Wildman–Crippen MR) is 141 cm³/mol. The molecule has 1 fully saturated rings. The van der Waals surface area contributed by atoms with Crippen LogP contribution in [0.1, 0.15) is 69.9 Å². The molecular weight excluding hydrogens is 472 g/mol. The zero-order valence-corrected chi connectivity index (χ0v) is 23.2. The average Bonchev–Trinajstić information content (AvgIpc) is 3.37. The average molecular weight is 517 g/mol. The van der Waals surface area contributed by atoms with E-state index in [4.69, 9.17) is 14.2 Å². The number of carbonyl (C=O) groups excluding carboxylic acids is 3. The molecule has 2 amide bonds. The van der Waals surface area contributed by atoms with Crippen LogP contribution in [0.3, 0.4) is 0 Å². The molecule has 2 unspecified atom stereocenters. The Morgan fingerprint density at radius 1 is 1.11 bits per heavy atom. The maximum absolute atomic E-state index is 13.4. The van der Waals surface area contributed by atoms with Crippen LogP contribution in [-0.4, -0.2) is 74.8 Å². The first kappa shape index (κ1) is 29.1. The van der Waals surface area contributed by atoms with Crippen molar-refractivity contribution in [2.24, 2.45) is 11.8 Å². The molecule has 0 spiro atoms. The number of fused-ring (bicyclic) bond motifs is 1. The van der Waals surface area contributed by atoms with Crippen molar-refractivity contribution in [3.63, 3.8) is 0 Å². The first-order valence-electron chi connectivity index (χ1n) is 13.6. The monoisotopic (exact) mass is 516 g/mol. The second-order valence-corrected chi connectivity index (χ2v) is 10.6. The van der Waals surface area contributed by atoms with Crippen LogP contribution in [-0.2, 0) is 35.0 Å². The maximum atomic E-state index is 13.4. The Morgan fingerprint density at radius 2 is 1.84 bits per heavy atom. The molecule has 0 bridgehead atoms. The van der Waals surface area contributed by atoms with E-state index in [1.54, 1.807) is 21.1 Å². The summed E-state index contributed by atoms with van der Waals surface area (Å²) in [5.74, 6) is -0.916. The van der Waals surface area contributed by atoms with Crippen LogP contribution in [0.4, 0.5) is 0 Å². The van der Waals surface area contributed by atoms with Crippen molar-refractivity contribution in [1.29, 1.82) is 0 Å². The Hall–Kier alpha value is -2.45. The zero-order valence-electron chi connectivity index (χ0n) is 23.2. The Labute approximate surface area is 221 Å². The molecule has 0 saturated carbocycles. The second-order valence-electron chi connectivity index (χ2n) is 10.6. The van der Waals surface area contributed by atoms with E-state index in [2.05, 4.69) is 19.2 Å². The molecule has 7 atom stereocenters. The molecule has 0 aromatic heterocycles. The highest BCUT2D eigenvalue weighted by molar-refractivity contribution is 5.87. The van der Waals surface area contributed by atoms with Gasteiger partial charge in [-0.15, -0.1) is 0 Å². The summed E-state index contributed by atoms with van der Waals surface area (Å²) >= 11 is 0. The van der Waals surface area contributed by atoms with E-state index in [0.29, 0.717) is 25.3 Å². The zero-order chi connectivity index (χ0) is 27.1. The standard InChI is InChI=1S/C29H44N2O6/c1-7-18(2)15-21(35-4)17-25(32)31-14-10-13-24(31)27(36-5)19(3)28(33)30-26(29(34)37-6)23-16-20-11-8-9-12-22(20)23/h8-9,11-12,18-19,21,23-24,26-27H,7,10,13-17H2,1-6H3,(H,30,33)/t18?,19-,21?,23-,24+,26+,27-/m1/s1. The predicted octanol–water partition coefficient (Wildman–Crippen LogP) is 3.47. The molecule has 37 heavy (non-hydrogen) atoms. The lowest BCUT2D eigenvalue weighted by atomic mass is 9.73. The highest BCUT2D eigenvalue weighted by Gasteiger charge is 2.43. The molecule has 1 N–H and O–H groups in total. The first-order chi connectivity index (χ1) is 17.7. The van der Waals surface area contributed by atoms with Crippen molar-refractivity contribution in [2.75, 3.05) is 27.9 Å². The number of hydrogen-bond donors (Lipinski definition) is 1. The second kappa shape index (κ2) is 13.4. The molecule has 3 rings (SSSR count). The quantitative estimate of drug-likeness (QED) is 0.404. The van der Waals surface area contributed by atoms with E-state index in [-0.39, 0.29) is 29.9 Å². The van der Waals surface area contributed by atoms with Gasteiger partial charge < -0.3 is 24.4 Å². The lowest BCUT2D eigenvalue weighted by Gasteiger charge is -2.37.